The molecule has 1 saturated heterocycles. The van der Waals surface area contributed by atoms with Crippen LogP contribution in [0.15, 0.2) is 29.2 Å². The van der Waals surface area contributed by atoms with E-state index in [9.17, 15) is 8.42 Å². The lowest BCUT2D eigenvalue weighted by atomic mass is 10.0. The summed E-state index contributed by atoms with van der Waals surface area (Å²) in [6, 6.07) is 7.59. The number of rotatable bonds is 10. The second kappa shape index (κ2) is 10.8. The van der Waals surface area contributed by atoms with E-state index in [4.69, 9.17) is 23.7 Å². The molecule has 0 amide bonds. The highest BCUT2D eigenvalue weighted by Gasteiger charge is 2.32. The van der Waals surface area contributed by atoms with Crippen molar-refractivity contribution >= 4 is 21.6 Å². The maximum atomic E-state index is 12.6. The second-order valence-corrected chi connectivity index (χ2v) is 11.2. The van der Waals surface area contributed by atoms with E-state index in [1.807, 2.05) is 25.1 Å². The summed E-state index contributed by atoms with van der Waals surface area (Å²) in [6.45, 7) is 2.39. The highest BCUT2D eigenvalue weighted by molar-refractivity contribution is 8.00. The minimum absolute atomic E-state index is 0.115. The first-order chi connectivity index (χ1) is 15.8. The standard InChI is InChI=1S/C24H32O7S2/c1-7-10-31-24-19(29-4)13-16(14-22(24)33(6,25)26)21-9-8-20(32-21)15-11-17(27-2)23(30-5)18(12-15)28-3/h11-14,20-21H,7-10H2,1-6H3. The van der Waals surface area contributed by atoms with Crippen molar-refractivity contribution in [2.75, 3.05) is 41.3 Å². The van der Waals surface area contributed by atoms with E-state index in [1.165, 1.54) is 13.4 Å². The molecule has 1 aliphatic rings. The Hall–Kier alpha value is -2.26. The first-order valence-electron chi connectivity index (χ1n) is 10.8. The molecule has 2 aromatic rings. The molecule has 0 N–H and O–H groups in total. The molecular formula is C24H32O7S2. The molecule has 182 valence electrons. The summed E-state index contributed by atoms with van der Waals surface area (Å²) in [7, 11) is 2.82. The minimum atomic E-state index is -3.50. The minimum Gasteiger partial charge on any atom is -0.493 e. The van der Waals surface area contributed by atoms with Gasteiger partial charge in [-0.15, -0.1) is 11.8 Å². The summed E-state index contributed by atoms with van der Waals surface area (Å²) >= 11 is 1.79. The third kappa shape index (κ3) is 5.46. The van der Waals surface area contributed by atoms with Gasteiger partial charge in [0, 0.05) is 16.8 Å². The molecule has 3 rings (SSSR count). The van der Waals surface area contributed by atoms with Gasteiger partial charge in [-0.1, -0.05) is 6.92 Å². The summed E-state index contributed by atoms with van der Waals surface area (Å²) in [5, 5.41) is 0.316. The Bertz CT molecular complexity index is 1060. The molecule has 33 heavy (non-hydrogen) atoms. The van der Waals surface area contributed by atoms with Crippen molar-refractivity contribution in [1.29, 1.82) is 0 Å². The summed E-state index contributed by atoms with van der Waals surface area (Å²) in [6.07, 6.45) is 3.79. The van der Waals surface area contributed by atoms with Crippen LogP contribution >= 0.6 is 11.8 Å². The number of hydrogen-bond acceptors (Lipinski definition) is 8. The summed E-state index contributed by atoms with van der Waals surface area (Å²) in [4.78, 5) is 0.169. The van der Waals surface area contributed by atoms with Crippen LogP contribution in [0.3, 0.4) is 0 Å². The van der Waals surface area contributed by atoms with Gasteiger partial charge in [0.25, 0.3) is 0 Å². The highest BCUT2D eigenvalue weighted by Crippen LogP contribution is 2.55. The van der Waals surface area contributed by atoms with Crippen LogP contribution in [0.25, 0.3) is 0 Å². The molecule has 0 saturated carbocycles. The van der Waals surface area contributed by atoms with Crippen LogP contribution in [0.4, 0.5) is 0 Å². The van der Waals surface area contributed by atoms with E-state index in [1.54, 1.807) is 39.2 Å². The molecule has 2 unspecified atom stereocenters. The van der Waals surface area contributed by atoms with Gasteiger partial charge < -0.3 is 23.7 Å². The van der Waals surface area contributed by atoms with Crippen molar-refractivity contribution in [2.45, 2.75) is 41.6 Å². The molecule has 0 aromatic heterocycles. The third-order valence-electron chi connectivity index (χ3n) is 5.56. The summed E-state index contributed by atoms with van der Waals surface area (Å²) in [5.74, 6) is 2.53. The third-order valence-corrected chi connectivity index (χ3v) is 8.34. The van der Waals surface area contributed by atoms with Crippen LogP contribution in [0.2, 0.25) is 0 Å². The van der Waals surface area contributed by atoms with Crippen molar-refractivity contribution in [3.63, 3.8) is 0 Å². The number of thioether (sulfide) groups is 1. The molecule has 0 spiro atoms. The SMILES string of the molecule is CCCOc1c(OC)cc(C2CCC(c3cc(OC)c(OC)c(OC)c3)S2)cc1S(C)(=O)=O. The Morgan fingerprint density at radius 1 is 0.818 bits per heavy atom. The van der Waals surface area contributed by atoms with Gasteiger partial charge in [-0.25, -0.2) is 8.42 Å². The van der Waals surface area contributed by atoms with Gasteiger partial charge in [-0.2, -0.15) is 0 Å². The molecule has 9 heteroatoms. The van der Waals surface area contributed by atoms with Crippen molar-refractivity contribution in [1.82, 2.24) is 0 Å². The van der Waals surface area contributed by atoms with Crippen molar-refractivity contribution < 1.29 is 32.1 Å². The molecule has 0 bridgehead atoms. The normalized spacial score (nSPS) is 18.1. The van der Waals surface area contributed by atoms with Crippen LogP contribution in [0, 0.1) is 0 Å². The molecule has 1 fully saturated rings. The Morgan fingerprint density at radius 2 is 1.30 bits per heavy atom. The van der Waals surface area contributed by atoms with E-state index in [2.05, 4.69) is 0 Å². The first-order valence-corrected chi connectivity index (χ1v) is 13.6. The fraction of sp³-hybridized carbons (Fsp3) is 0.500. The van der Waals surface area contributed by atoms with Crippen LogP contribution in [0.5, 0.6) is 28.7 Å². The van der Waals surface area contributed by atoms with Gasteiger partial charge in [-0.05, 0) is 54.7 Å². The molecule has 1 heterocycles. The lowest BCUT2D eigenvalue weighted by molar-refractivity contribution is 0.286. The molecule has 2 atom stereocenters. The average Bonchev–Trinajstić information content (AvgIpc) is 3.30. The fourth-order valence-corrected chi connectivity index (χ4v) is 6.34. The monoisotopic (exact) mass is 496 g/mol. The second-order valence-electron chi connectivity index (χ2n) is 7.82. The predicted molar refractivity (Wildman–Crippen MR) is 130 cm³/mol. The number of sulfone groups is 1. The quantitative estimate of drug-likeness (QED) is 0.443. The van der Waals surface area contributed by atoms with E-state index < -0.39 is 9.84 Å². The zero-order valence-corrected chi connectivity index (χ0v) is 21.6. The largest absolute Gasteiger partial charge is 0.493 e. The van der Waals surface area contributed by atoms with Crippen LogP contribution < -0.4 is 23.7 Å². The Labute approximate surface area is 200 Å². The van der Waals surface area contributed by atoms with Crippen LogP contribution in [-0.2, 0) is 9.84 Å². The first kappa shape index (κ1) is 25.4. The van der Waals surface area contributed by atoms with E-state index >= 15 is 0 Å². The van der Waals surface area contributed by atoms with E-state index in [0.29, 0.717) is 29.6 Å². The molecule has 2 aromatic carbocycles. The van der Waals surface area contributed by atoms with Gasteiger partial charge in [0.15, 0.2) is 32.8 Å². The zero-order chi connectivity index (χ0) is 24.2. The molecule has 0 aliphatic carbocycles. The van der Waals surface area contributed by atoms with Crippen LogP contribution in [-0.4, -0.2) is 49.7 Å². The number of benzene rings is 2. The number of methoxy groups -OCH3 is 4. The zero-order valence-electron chi connectivity index (χ0n) is 20.0. The van der Waals surface area contributed by atoms with Gasteiger partial charge in [0.05, 0.1) is 35.0 Å². The lowest BCUT2D eigenvalue weighted by Gasteiger charge is -2.19. The lowest BCUT2D eigenvalue weighted by Crippen LogP contribution is -2.07. The smallest absolute Gasteiger partial charge is 0.203 e. The maximum absolute atomic E-state index is 12.6. The van der Waals surface area contributed by atoms with Crippen molar-refractivity contribution in [3.05, 3.63) is 35.4 Å². The fourth-order valence-electron chi connectivity index (χ4n) is 3.97. The van der Waals surface area contributed by atoms with Gasteiger partial charge in [-0.3, -0.25) is 0 Å². The van der Waals surface area contributed by atoms with Crippen LogP contribution in [0.1, 0.15) is 47.8 Å². The Morgan fingerprint density at radius 3 is 1.73 bits per heavy atom. The maximum Gasteiger partial charge on any atom is 0.203 e. The highest BCUT2D eigenvalue weighted by atomic mass is 32.2. The number of hydrogen-bond donors (Lipinski definition) is 0. The summed E-state index contributed by atoms with van der Waals surface area (Å²) in [5.41, 5.74) is 1.99. The van der Waals surface area contributed by atoms with E-state index in [-0.39, 0.29) is 21.1 Å². The molecule has 1 aliphatic heterocycles. The predicted octanol–water partition coefficient (Wildman–Crippen LogP) is 5.22. The number of ether oxygens (including phenoxy) is 5. The Balaban J connectivity index is 1.95. The van der Waals surface area contributed by atoms with Crippen molar-refractivity contribution in [2.24, 2.45) is 0 Å². The summed E-state index contributed by atoms with van der Waals surface area (Å²) < 4.78 is 52.9. The van der Waals surface area contributed by atoms with Gasteiger partial charge in [0.2, 0.25) is 5.75 Å². The van der Waals surface area contributed by atoms with Crippen molar-refractivity contribution in [3.8, 4) is 28.7 Å². The molecular weight excluding hydrogens is 464 g/mol. The molecule has 0 radical (unpaired) electrons. The van der Waals surface area contributed by atoms with E-state index in [0.717, 1.165) is 30.4 Å². The van der Waals surface area contributed by atoms with Gasteiger partial charge in [0.1, 0.15) is 4.90 Å². The topological polar surface area (TPSA) is 80.3 Å². The molecule has 7 nitrogen and oxygen atoms in total. The average molecular weight is 497 g/mol. The van der Waals surface area contributed by atoms with Gasteiger partial charge >= 0.3 is 0 Å². The Kier molecular flexibility index (Phi) is 8.28.